The minimum Gasteiger partial charge on any atom is -0.454 e. The highest BCUT2D eigenvalue weighted by Gasteiger charge is 2.22. The molecular formula is C24H34N4O6. The lowest BCUT2D eigenvalue weighted by Crippen LogP contribution is -2.49. The summed E-state index contributed by atoms with van der Waals surface area (Å²) < 4.78 is 21.9. The van der Waals surface area contributed by atoms with Crippen LogP contribution in [0, 0.1) is 0 Å². The Kier molecular flexibility index (Phi) is 7.72. The topological polar surface area (TPSA) is 110 Å². The summed E-state index contributed by atoms with van der Waals surface area (Å²) in [6, 6.07) is 5.57. The van der Waals surface area contributed by atoms with Crippen LogP contribution in [0.3, 0.4) is 0 Å². The number of oxazole rings is 1. The Bertz CT molecular complexity index is 965. The van der Waals surface area contributed by atoms with E-state index >= 15 is 0 Å². The molecule has 4 rings (SSSR count). The SMILES string of the molecule is CC(C)(C)OC[C@@H](O)CN1CCN(Cc2nc(C(=O)NCc3ccc4c(c3)OCO4)co2)CC1. The zero-order chi connectivity index (χ0) is 24.1. The van der Waals surface area contributed by atoms with Crippen molar-refractivity contribution in [3.8, 4) is 11.5 Å². The summed E-state index contributed by atoms with van der Waals surface area (Å²) in [6.45, 7) is 11.3. The molecular weight excluding hydrogens is 440 g/mol. The maximum atomic E-state index is 12.5. The van der Waals surface area contributed by atoms with Gasteiger partial charge in [0.15, 0.2) is 17.2 Å². The van der Waals surface area contributed by atoms with Crippen molar-refractivity contribution in [1.29, 1.82) is 0 Å². The van der Waals surface area contributed by atoms with Crippen molar-refractivity contribution in [3.63, 3.8) is 0 Å². The number of aromatic nitrogens is 1. The number of aliphatic hydroxyl groups excluding tert-OH is 1. The molecule has 0 spiro atoms. The zero-order valence-corrected chi connectivity index (χ0v) is 20.1. The Balaban J connectivity index is 1.18. The first-order valence-electron chi connectivity index (χ1n) is 11.6. The first-order valence-corrected chi connectivity index (χ1v) is 11.6. The highest BCUT2D eigenvalue weighted by molar-refractivity contribution is 5.91. The van der Waals surface area contributed by atoms with Crippen molar-refractivity contribution in [2.45, 2.75) is 45.6 Å². The van der Waals surface area contributed by atoms with Crippen LogP contribution in [0.2, 0.25) is 0 Å². The molecule has 2 aliphatic heterocycles. The average molecular weight is 475 g/mol. The molecule has 3 heterocycles. The van der Waals surface area contributed by atoms with Gasteiger partial charge < -0.3 is 29.1 Å². The fraction of sp³-hybridized carbons (Fsp3) is 0.583. The van der Waals surface area contributed by atoms with Gasteiger partial charge in [-0.3, -0.25) is 14.6 Å². The highest BCUT2D eigenvalue weighted by atomic mass is 16.7. The molecule has 1 atom stereocenters. The van der Waals surface area contributed by atoms with E-state index < -0.39 is 6.10 Å². The number of rotatable bonds is 9. The van der Waals surface area contributed by atoms with Crippen LogP contribution in [0.5, 0.6) is 11.5 Å². The summed E-state index contributed by atoms with van der Waals surface area (Å²) in [7, 11) is 0. The van der Waals surface area contributed by atoms with Crippen LogP contribution in [0.15, 0.2) is 28.9 Å². The molecule has 10 heteroatoms. The average Bonchev–Trinajstić information content (AvgIpc) is 3.46. The maximum Gasteiger partial charge on any atom is 0.273 e. The molecule has 2 N–H and O–H groups in total. The third-order valence-electron chi connectivity index (χ3n) is 5.68. The summed E-state index contributed by atoms with van der Waals surface area (Å²) in [4.78, 5) is 21.3. The number of piperazine rings is 1. The monoisotopic (exact) mass is 474 g/mol. The molecule has 1 aromatic heterocycles. The molecule has 0 unspecified atom stereocenters. The quantitative estimate of drug-likeness (QED) is 0.560. The highest BCUT2D eigenvalue weighted by Crippen LogP contribution is 2.32. The molecule has 0 bridgehead atoms. The number of ether oxygens (including phenoxy) is 3. The lowest BCUT2D eigenvalue weighted by atomic mass is 10.2. The smallest absolute Gasteiger partial charge is 0.273 e. The number of hydrogen-bond acceptors (Lipinski definition) is 9. The van der Waals surface area contributed by atoms with Gasteiger partial charge in [0, 0.05) is 39.3 Å². The molecule has 1 saturated heterocycles. The van der Waals surface area contributed by atoms with E-state index in [1.165, 1.54) is 6.26 Å². The van der Waals surface area contributed by atoms with Gasteiger partial charge in [-0.15, -0.1) is 0 Å². The molecule has 1 amide bonds. The van der Waals surface area contributed by atoms with Gasteiger partial charge in [-0.1, -0.05) is 6.07 Å². The van der Waals surface area contributed by atoms with Crippen LogP contribution in [0.4, 0.5) is 0 Å². The van der Waals surface area contributed by atoms with Gasteiger partial charge in [0.05, 0.1) is 24.9 Å². The van der Waals surface area contributed by atoms with E-state index in [4.69, 9.17) is 18.6 Å². The first-order chi connectivity index (χ1) is 16.2. The lowest BCUT2D eigenvalue weighted by Gasteiger charge is -2.35. The molecule has 2 aromatic rings. The molecule has 186 valence electrons. The van der Waals surface area contributed by atoms with Gasteiger partial charge in [-0.05, 0) is 38.5 Å². The second-order valence-corrected chi connectivity index (χ2v) is 9.65. The third kappa shape index (κ3) is 6.92. The number of β-amino-alcohol motifs (C(OH)–C–C–N with tert-alkyl or cyclic N) is 1. The number of nitrogens with one attached hydrogen (secondary N) is 1. The maximum absolute atomic E-state index is 12.5. The number of fused-ring (bicyclic) bond motifs is 1. The summed E-state index contributed by atoms with van der Waals surface area (Å²) in [5.74, 6) is 1.62. The van der Waals surface area contributed by atoms with Crippen molar-refractivity contribution in [2.75, 3.05) is 46.1 Å². The largest absolute Gasteiger partial charge is 0.454 e. The molecule has 10 nitrogen and oxygen atoms in total. The minimum absolute atomic E-state index is 0.219. The number of nitrogens with zero attached hydrogens (tertiary/aromatic N) is 3. The van der Waals surface area contributed by atoms with E-state index in [1.807, 2.05) is 39.0 Å². The third-order valence-corrected chi connectivity index (χ3v) is 5.68. The second kappa shape index (κ2) is 10.7. The van der Waals surface area contributed by atoms with Crippen LogP contribution < -0.4 is 14.8 Å². The van der Waals surface area contributed by atoms with Crippen molar-refractivity contribution < 1.29 is 28.5 Å². The molecule has 0 saturated carbocycles. The van der Waals surface area contributed by atoms with Crippen LogP contribution in [-0.4, -0.2) is 83.6 Å². The zero-order valence-electron chi connectivity index (χ0n) is 20.1. The van der Waals surface area contributed by atoms with Crippen LogP contribution >= 0.6 is 0 Å². The second-order valence-electron chi connectivity index (χ2n) is 9.65. The van der Waals surface area contributed by atoms with E-state index in [9.17, 15) is 9.90 Å². The summed E-state index contributed by atoms with van der Waals surface area (Å²) in [5, 5.41) is 13.1. The number of carbonyl (C=O) groups is 1. The van der Waals surface area contributed by atoms with Gasteiger partial charge in [-0.2, -0.15) is 0 Å². The Labute approximate surface area is 199 Å². The predicted octanol–water partition coefficient (Wildman–Crippen LogP) is 1.63. The van der Waals surface area contributed by atoms with Crippen molar-refractivity contribution >= 4 is 5.91 Å². The van der Waals surface area contributed by atoms with E-state index in [1.54, 1.807) is 0 Å². The Hall–Kier alpha value is -2.66. The summed E-state index contributed by atoms with van der Waals surface area (Å²) >= 11 is 0. The number of amides is 1. The first kappa shape index (κ1) is 24.5. The fourth-order valence-electron chi connectivity index (χ4n) is 3.83. The molecule has 0 aliphatic carbocycles. The van der Waals surface area contributed by atoms with Gasteiger partial charge in [0.1, 0.15) is 6.26 Å². The van der Waals surface area contributed by atoms with E-state index in [0.29, 0.717) is 43.6 Å². The van der Waals surface area contributed by atoms with Crippen molar-refractivity contribution in [1.82, 2.24) is 20.1 Å². The lowest BCUT2D eigenvalue weighted by molar-refractivity contribution is -0.0588. The van der Waals surface area contributed by atoms with Gasteiger partial charge in [0.2, 0.25) is 12.7 Å². The molecule has 1 aromatic carbocycles. The van der Waals surface area contributed by atoms with Gasteiger partial charge >= 0.3 is 0 Å². The van der Waals surface area contributed by atoms with Crippen molar-refractivity contribution in [2.24, 2.45) is 0 Å². The molecule has 2 aliphatic rings. The van der Waals surface area contributed by atoms with Crippen LogP contribution in [-0.2, 0) is 17.8 Å². The van der Waals surface area contributed by atoms with Gasteiger partial charge in [0.25, 0.3) is 5.91 Å². The summed E-state index contributed by atoms with van der Waals surface area (Å²) in [5.41, 5.74) is 0.919. The van der Waals surface area contributed by atoms with Crippen LogP contribution in [0.25, 0.3) is 0 Å². The minimum atomic E-state index is -0.503. The van der Waals surface area contributed by atoms with Gasteiger partial charge in [-0.25, -0.2) is 4.98 Å². The Morgan fingerprint density at radius 2 is 1.91 bits per heavy atom. The number of carbonyl (C=O) groups excluding carboxylic acids is 1. The fourth-order valence-corrected chi connectivity index (χ4v) is 3.83. The number of aliphatic hydroxyl groups is 1. The van der Waals surface area contributed by atoms with E-state index in [0.717, 1.165) is 31.7 Å². The summed E-state index contributed by atoms with van der Waals surface area (Å²) in [6.07, 6.45) is 0.892. The van der Waals surface area contributed by atoms with E-state index in [2.05, 4.69) is 20.1 Å². The molecule has 34 heavy (non-hydrogen) atoms. The van der Waals surface area contributed by atoms with E-state index in [-0.39, 0.29) is 24.0 Å². The number of hydrogen-bond donors (Lipinski definition) is 2. The standard InChI is InChI=1S/C24H34N4O6/c1-24(2,3)34-14-18(29)12-27-6-8-28(9-7-27)13-22-26-19(15-31-22)23(30)25-11-17-4-5-20-21(10-17)33-16-32-20/h4-5,10,15,18,29H,6-9,11-14,16H2,1-3H3,(H,25,30)/t18-/m0/s1. The molecule has 1 fully saturated rings. The molecule has 0 radical (unpaired) electrons. The van der Waals surface area contributed by atoms with Crippen molar-refractivity contribution in [3.05, 3.63) is 41.6 Å². The number of benzene rings is 1. The predicted molar refractivity (Wildman–Crippen MR) is 124 cm³/mol. The Morgan fingerprint density at radius 1 is 1.18 bits per heavy atom. The Morgan fingerprint density at radius 3 is 2.68 bits per heavy atom. The normalized spacial score (nSPS) is 17.6. The van der Waals surface area contributed by atoms with Crippen LogP contribution in [0.1, 0.15) is 42.7 Å².